The molecule has 0 spiro atoms. The summed E-state index contributed by atoms with van der Waals surface area (Å²) in [6.07, 6.45) is 1.75. The maximum Gasteiger partial charge on any atom is 0.126 e. The van der Waals surface area contributed by atoms with E-state index in [2.05, 4.69) is 4.98 Å². The lowest BCUT2D eigenvalue weighted by molar-refractivity contribution is 0.306. The number of hydrogen-bond acceptors (Lipinski definition) is 2. The quantitative estimate of drug-likeness (QED) is 0.659. The highest BCUT2D eigenvalue weighted by molar-refractivity contribution is 6.30. The summed E-state index contributed by atoms with van der Waals surface area (Å²) in [6.45, 7) is 0.472. The van der Waals surface area contributed by atoms with E-state index >= 15 is 0 Å². The molecule has 2 heterocycles. The van der Waals surface area contributed by atoms with Gasteiger partial charge in [0.1, 0.15) is 17.7 Å². The molecule has 1 unspecified atom stereocenters. The van der Waals surface area contributed by atoms with Crippen LogP contribution in [0.2, 0.25) is 5.02 Å². The van der Waals surface area contributed by atoms with Crippen molar-refractivity contribution in [2.75, 3.05) is 0 Å². The second-order valence-electron chi connectivity index (χ2n) is 3.88. The summed E-state index contributed by atoms with van der Waals surface area (Å²) in [4.78, 5) is 4.34. The minimum Gasteiger partial charge on any atom is -0.488 e. The highest BCUT2D eigenvalue weighted by Gasteiger charge is 2.23. The van der Waals surface area contributed by atoms with Crippen molar-refractivity contribution in [1.82, 2.24) is 4.98 Å². The first kappa shape index (κ1) is 13.2. The van der Waals surface area contributed by atoms with Gasteiger partial charge in [0, 0.05) is 22.3 Å². The number of halogens is 2. The Labute approximate surface area is 117 Å². The molecule has 0 amide bonds. The second kappa shape index (κ2) is 5.17. The van der Waals surface area contributed by atoms with Crippen molar-refractivity contribution in [3.05, 3.63) is 58.4 Å². The molecule has 1 atom stereocenters. The molecule has 0 aliphatic carbocycles. The Balaban J connectivity index is 0.00000120. The third kappa shape index (κ3) is 2.18. The van der Waals surface area contributed by atoms with Crippen LogP contribution in [0.3, 0.4) is 0 Å². The molecule has 0 N–H and O–H groups in total. The van der Waals surface area contributed by atoms with E-state index in [0.717, 1.165) is 22.6 Å². The van der Waals surface area contributed by atoms with Gasteiger partial charge in [-0.2, -0.15) is 0 Å². The van der Waals surface area contributed by atoms with E-state index in [9.17, 15) is 0 Å². The Morgan fingerprint density at radius 2 is 2.11 bits per heavy atom. The summed E-state index contributed by atoms with van der Waals surface area (Å²) in [6, 6.07) is 9.35. The smallest absolute Gasteiger partial charge is 0.126 e. The molecule has 94 valence electrons. The van der Waals surface area contributed by atoms with Gasteiger partial charge in [-0.15, -0.1) is 11.6 Å². The van der Waals surface area contributed by atoms with Crippen molar-refractivity contribution in [2.24, 2.45) is 0 Å². The molecule has 1 aliphatic heterocycles. The van der Waals surface area contributed by atoms with Crippen molar-refractivity contribution in [2.45, 2.75) is 19.4 Å². The monoisotopic (exact) mass is 281 g/mol. The maximum atomic E-state index is 6.45. The van der Waals surface area contributed by atoms with Gasteiger partial charge < -0.3 is 4.74 Å². The zero-order chi connectivity index (χ0) is 11.8. The first-order valence-electron chi connectivity index (χ1n) is 5.26. The first-order valence-corrected chi connectivity index (χ1v) is 6.07. The standard InChI is InChI=1S/C13H9Cl2NO.CH4/c14-9-3-4-10-11(6-9)17-7-8-2-1-5-16-13(8)12(10)15;/h1-6,12H,7H2;1H4. The van der Waals surface area contributed by atoms with Crippen LogP contribution in [-0.4, -0.2) is 4.98 Å². The number of rotatable bonds is 0. The minimum absolute atomic E-state index is 0. The Kier molecular flexibility index (Phi) is 3.79. The third-order valence-corrected chi connectivity index (χ3v) is 3.47. The number of aromatic nitrogens is 1. The summed E-state index contributed by atoms with van der Waals surface area (Å²) >= 11 is 12.4. The molecule has 4 heteroatoms. The molecule has 1 aliphatic rings. The number of nitrogens with zero attached hydrogens (tertiary/aromatic N) is 1. The Bertz CT molecular complexity index is 571. The SMILES string of the molecule is C.Clc1ccc2c(c1)OCc1cccnc1C2Cl. The lowest BCUT2D eigenvalue weighted by Gasteiger charge is -2.10. The van der Waals surface area contributed by atoms with Crippen LogP contribution in [0.25, 0.3) is 0 Å². The zero-order valence-corrected chi connectivity index (χ0v) is 10.4. The van der Waals surface area contributed by atoms with E-state index in [0.29, 0.717) is 11.6 Å². The molecule has 0 fully saturated rings. The Morgan fingerprint density at radius 3 is 2.94 bits per heavy atom. The Morgan fingerprint density at radius 1 is 1.28 bits per heavy atom. The predicted molar refractivity (Wildman–Crippen MR) is 74.4 cm³/mol. The average Bonchev–Trinajstić information content (AvgIpc) is 2.48. The summed E-state index contributed by atoms with van der Waals surface area (Å²) in [7, 11) is 0. The van der Waals surface area contributed by atoms with Gasteiger partial charge in [0.15, 0.2) is 0 Å². The molecule has 0 radical (unpaired) electrons. The minimum atomic E-state index is -0.291. The highest BCUT2D eigenvalue weighted by atomic mass is 35.5. The fourth-order valence-electron chi connectivity index (χ4n) is 1.95. The lowest BCUT2D eigenvalue weighted by Crippen LogP contribution is -1.99. The second-order valence-corrected chi connectivity index (χ2v) is 4.75. The van der Waals surface area contributed by atoms with Gasteiger partial charge in [0.05, 0.1) is 5.69 Å². The van der Waals surface area contributed by atoms with Gasteiger partial charge in [-0.25, -0.2) is 0 Å². The number of benzene rings is 1. The summed E-state index contributed by atoms with van der Waals surface area (Å²) in [5, 5.41) is 0.354. The lowest BCUT2D eigenvalue weighted by atomic mass is 10.1. The van der Waals surface area contributed by atoms with Crippen molar-refractivity contribution in [1.29, 1.82) is 0 Å². The normalized spacial score (nSPS) is 16.7. The number of ether oxygens (including phenoxy) is 1. The fourth-order valence-corrected chi connectivity index (χ4v) is 2.49. The van der Waals surface area contributed by atoms with Crippen molar-refractivity contribution < 1.29 is 4.74 Å². The Hall–Kier alpha value is -1.25. The fraction of sp³-hybridized carbons (Fsp3) is 0.214. The topological polar surface area (TPSA) is 22.1 Å². The van der Waals surface area contributed by atoms with Crippen LogP contribution in [0.1, 0.15) is 29.6 Å². The van der Waals surface area contributed by atoms with E-state index in [1.807, 2.05) is 24.3 Å². The molecular weight excluding hydrogens is 269 g/mol. The highest BCUT2D eigenvalue weighted by Crippen LogP contribution is 2.39. The first-order chi connectivity index (χ1) is 8.25. The third-order valence-electron chi connectivity index (χ3n) is 2.80. The van der Waals surface area contributed by atoms with Gasteiger partial charge >= 0.3 is 0 Å². The van der Waals surface area contributed by atoms with E-state index in [4.69, 9.17) is 27.9 Å². The molecule has 3 rings (SSSR count). The van der Waals surface area contributed by atoms with E-state index in [1.165, 1.54) is 0 Å². The number of pyridine rings is 1. The van der Waals surface area contributed by atoms with Crippen LogP contribution in [0.15, 0.2) is 36.5 Å². The van der Waals surface area contributed by atoms with Crippen molar-refractivity contribution >= 4 is 23.2 Å². The summed E-state index contributed by atoms with van der Waals surface area (Å²) in [5.74, 6) is 0.732. The van der Waals surface area contributed by atoms with E-state index in [1.54, 1.807) is 12.3 Å². The number of hydrogen-bond donors (Lipinski definition) is 0. The van der Waals surface area contributed by atoms with Gasteiger partial charge in [-0.1, -0.05) is 31.2 Å². The van der Waals surface area contributed by atoms with Gasteiger partial charge in [-0.3, -0.25) is 4.98 Å². The number of alkyl halides is 1. The summed E-state index contributed by atoms with van der Waals surface area (Å²) in [5.41, 5.74) is 2.78. The van der Waals surface area contributed by atoms with Crippen LogP contribution in [0.5, 0.6) is 5.75 Å². The largest absolute Gasteiger partial charge is 0.488 e. The summed E-state index contributed by atoms with van der Waals surface area (Å²) < 4.78 is 5.72. The molecule has 2 nitrogen and oxygen atoms in total. The molecule has 0 saturated heterocycles. The average molecular weight is 282 g/mol. The van der Waals surface area contributed by atoms with Gasteiger partial charge in [0.2, 0.25) is 0 Å². The predicted octanol–water partition coefficient (Wildman–Crippen LogP) is 4.59. The molecule has 0 bridgehead atoms. The molecule has 1 aromatic carbocycles. The van der Waals surface area contributed by atoms with Crippen LogP contribution in [-0.2, 0) is 6.61 Å². The van der Waals surface area contributed by atoms with Gasteiger partial charge in [0.25, 0.3) is 0 Å². The van der Waals surface area contributed by atoms with Gasteiger partial charge in [-0.05, 0) is 18.2 Å². The molecule has 2 aromatic rings. The van der Waals surface area contributed by atoms with Crippen LogP contribution in [0.4, 0.5) is 0 Å². The maximum absolute atomic E-state index is 6.45. The zero-order valence-electron chi connectivity index (χ0n) is 8.86. The molecular formula is C14H13Cl2NO. The molecule has 0 saturated carbocycles. The molecule has 18 heavy (non-hydrogen) atoms. The van der Waals surface area contributed by atoms with E-state index in [-0.39, 0.29) is 12.8 Å². The van der Waals surface area contributed by atoms with Crippen LogP contribution < -0.4 is 4.74 Å². The van der Waals surface area contributed by atoms with Crippen LogP contribution >= 0.6 is 23.2 Å². The van der Waals surface area contributed by atoms with E-state index < -0.39 is 0 Å². The van der Waals surface area contributed by atoms with Crippen molar-refractivity contribution in [3.8, 4) is 5.75 Å². The number of fused-ring (bicyclic) bond motifs is 2. The van der Waals surface area contributed by atoms with Crippen LogP contribution in [0, 0.1) is 0 Å². The van der Waals surface area contributed by atoms with Crippen molar-refractivity contribution in [3.63, 3.8) is 0 Å². The molecule has 1 aromatic heterocycles.